The van der Waals surface area contributed by atoms with Gasteiger partial charge in [-0.3, -0.25) is 13.9 Å². The van der Waals surface area contributed by atoms with Crippen LogP contribution in [0, 0.1) is 5.92 Å². The molecule has 142 valence electrons. The van der Waals surface area contributed by atoms with E-state index in [0.717, 1.165) is 4.31 Å². The van der Waals surface area contributed by atoms with Crippen LogP contribution in [0.2, 0.25) is 10.0 Å². The fourth-order valence-corrected chi connectivity index (χ4v) is 5.33. The first-order valence-electron chi connectivity index (χ1n) is 7.84. The molecule has 3 N–H and O–H groups in total. The Bertz CT molecular complexity index is 1040. The fraction of sp³-hybridized carbons (Fsp3) is 0.176. The van der Waals surface area contributed by atoms with Crippen molar-refractivity contribution in [1.29, 1.82) is 0 Å². The third-order valence-electron chi connectivity index (χ3n) is 4.30. The van der Waals surface area contributed by atoms with E-state index in [2.05, 4.69) is 5.32 Å². The molecule has 1 aliphatic rings. The van der Waals surface area contributed by atoms with E-state index in [9.17, 15) is 18.0 Å². The van der Waals surface area contributed by atoms with Gasteiger partial charge >= 0.3 is 0 Å². The number of anilines is 2. The van der Waals surface area contributed by atoms with Crippen molar-refractivity contribution in [2.45, 2.75) is 17.9 Å². The minimum atomic E-state index is -4.34. The predicted octanol–water partition coefficient (Wildman–Crippen LogP) is 2.63. The molecule has 0 saturated heterocycles. The summed E-state index contributed by atoms with van der Waals surface area (Å²) in [5.41, 5.74) is 5.85. The van der Waals surface area contributed by atoms with Gasteiger partial charge in [0.05, 0.1) is 27.3 Å². The highest BCUT2D eigenvalue weighted by Gasteiger charge is 2.45. The van der Waals surface area contributed by atoms with E-state index in [1.165, 1.54) is 31.2 Å². The number of carbonyl (C=O) groups is 2. The third-order valence-corrected chi connectivity index (χ3v) is 7.06. The van der Waals surface area contributed by atoms with Crippen LogP contribution in [0.5, 0.6) is 0 Å². The SMILES string of the molecule is CC(C(N)=O)C1C(=O)Nc2ccccc2N1S(=O)(=O)c1cccc(Cl)c1Cl. The molecule has 1 heterocycles. The molecule has 0 bridgehead atoms. The first-order chi connectivity index (χ1) is 12.7. The monoisotopic (exact) mass is 427 g/mol. The number of hydrogen-bond donors (Lipinski definition) is 2. The van der Waals surface area contributed by atoms with Crippen molar-refractivity contribution >= 4 is 56.4 Å². The van der Waals surface area contributed by atoms with E-state index in [1.807, 2.05) is 0 Å². The van der Waals surface area contributed by atoms with Gasteiger partial charge in [0.2, 0.25) is 11.8 Å². The van der Waals surface area contributed by atoms with E-state index < -0.39 is 33.8 Å². The maximum absolute atomic E-state index is 13.5. The van der Waals surface area contributed by atoms with Gasteiger partial charge in [-0.25, -0.2) is 8.42 Å². The van der Waals surface area contributed by atoms with Crippen LogP contribution in [0.4, 0.5) is 11.4 Å². The molecule has 0 aromatic heterocycles. The van der Waals surface area contributed by atoms with Crippen molar-refractivity contribution in [2.75, 3.05) is 9.62 Å². The lowest BCUT2D eigenvalue weighted by Gasteiger charge is -2.39. The van der Waals surface area contributed by atoms with Gasteiger partial charge in [-0.15, -0.1) is 0 Å². The normalized spacial score (nSPS) is 17.8. The molecular formula is C17H15Cl2N3O4S. The number of primary amides is 1. The maximum atomic E-state index is 13.5. The molecule has 0 radical (unpaired) electrons. The third kappa shape index (κ3) is 3.24. The van der Waals surface area contributed by atoms with Crippen LogP contribution in [-0.2, 0) is 19.6 Å². The second-order valence-electron chi connectivity index (χ2n) is 6.00. The largest absolute Gasteiger partial charge is 0.369 e. The lowest BCUT2D eigenvalue weighted by Crippen LogP contribution is -2.56. The number of nitrogens with one attached hydrogen (secondary N) is 1. The van der Waals surface area contributed by atoms with Gasteiger partial charge < -0.3 is 11.1 Å². The molecule has 2 atom stereocenters. The van der Waals surface area contributed by atoms with Crippen LogP contribution in [0.1, 0.15) is 6.92 Å². The van der Waals surface area contributed by atoms with Gasteiger partial charge in [0.1, 0.15) is 10.9 Å². The van der Waals surface area contributed by atoms with Crippen molar-refractivity contribution in [3.05, 3.63) is 52.5 Å². The zero-order valence-electron chi connectivity index (χ0n) is 14.0. The van der Waals surface area contributed by atoms with E-state index in [1.54, 1.807) is 18.2 Å². The molecule has 3 rings (SSSR count). The molecule has 0 saturated carbocycles. The number of rotatable bonds is 4. The summed E-state index contributed by atoms with van der Waals surface area (Å²) in [6.07, 6.45) is 0. The van der Waals surface area contributed by atoms with E-state index in [0.29, 0.717) is 0 Å². The number of hydrogen-bond acceptors (Lipinski definition) is 4. The van der Waals surface area contributed by atoms with Crippen LogP contribution in [-0.4, -0.2) is 26.3 Å². The Labute approximate surface area is 166 Å². The first-order valence-corrected chi connectivity index (χ1v) is 10.0. The molecule has 2 amide bonds. The minimum Gasteiger partial charge on any atom is -0.369 e. The molecule has 2 aromatic carbocycles. The highest BCUT2D eigenvalue weighted by atomic mass is 35.5. The van der Waals surface area contributed by atoms with Crippen LogP contribution in [0.15, 0.2) is 47.4 Å². The van der Waals surface area contributed by atoms with E-state index in [4.69, 9.17) is 28.9 Å². The van der Waals surface area contributed by atoms with Gasteiger partial charge in [-0.1, -0.05) is 48.3 Å². The van der Waals surface area contributed by atoms with Crippen molar-refractivity contribution < 1.29 is 18.0 Å². The summed E-state index contributed by atoms with van der Waals surface area (Å²) < 4.78 is 27.8. The van der Waals surface area contributed by atoms with Crippen LogP contribution >= 0.6 is 23.2 Å². The highest BCUT2D eigenvalue weighted by Crippen LogP contribution is 2.40. The van der Waals surface area contributed by atoms with Gasteiger partial charge in [-0.2, -0.15) is 0 Å². The number of halogens is 2. The number of amides is 2. The average molecular weight is 428 g/mol. The summed E-state index contributed by atoms with van der Waals surface area (Å²) in [4.78, 5) is 24.1. The number of nitrogens with two attached hydrogens (primary N) is 1. The van der Waals surface area contributed by atoms with Crippen molar-refractivity contribution in [2.24, 2.45) is 11.7 Å². The lowest BCUT2D eigenvalue weighted by molar-refractivity contribution is -0.126. The zero-order chi connectivity index (χ0) is 19.9. The molecule has 0 spiro atoms. The molecule has 10 heteroatoms. The Kier molecular flexibility index (Phi) is 5.07. The molecule has 7 nitrogen and oxygen atoms in total. The van der Waals surface area contributed by atoms with Gasteiger partial charge in [0.15, 0.2) is 0 Å². The Balaban J connectivity index is 2.28. The number of sulfonamides is 1. The Morgan fingerprint density at radius 3 is 2.52 bits per heavy atom. The summed E-state index contributed by atoms with van der Waals surface area (Å²) in [7, 11) is -4.34. The molecule has 0 fully saturated rings. The van der Waals surface area contributed by atoms with Gasteiger partial charge in [0, 0.05) is 0 Å². The molecule has 2 unspecified atom stereocenters. The molecule has 2 aromatic rings. The van der Waals surface area contributed by atoms with Crippen LogP contribution in [0.25, 0.3) is 0 Å². The average Bonchev–Trinajstić information content (AvgIpc) is 2.61. The van der Waals surface area contributed by atoms with Gasteiger partial charge in [0.25, 0.3) is 10.0 Å². The van der Waals surface area contributed by atoms with Crippen LogP contribution < -0.4 is 15.4 Å². The van der Waals surface area contributed by atoms with Gasteiger partial charge in [-0.05, 0) is 24.3 Å². The summed E-state index contributed by atoms with van der Waals surface area (Å²) in [6, 6.07) is 9.12. The second-order valence-corrected chi connectivity index (χ2v) is 8.56. The second kappa shape index (κ2) is 7.03. The number of fused-ring (bicyclic) bond motifs is 1. The molecule has 1 aliphatic heterocycles. The maximum Gasteiger partial charge on any atom is 0.266 e. The summed E-state index contributed by atoms with van der Waals surface area (Å²) >= 11 is 12.1. The number of para-hydroxylation sites is 2. The smallest absolute Gasteiger partial charge is 0.266 e. The van der Waals surface area contributed by atoms with Crippen molar-refractivity contribution in [1.82, 2.24) is 0 Å². The number of benzene rings is 2. The number of nitrogens with zero attached hydrogens (tertiary/aromatic N) is 1. The van der Waals surface area contributed by atoms with Crippen molar-refractivity contribution in [3.63, 3.8) is 0 Å². The van der Waals surface area contributed by atoms with E-state index >= 15 is 0 Å². The zero-order valence-corrected chi connectivity index (χ0v) is 16.3. The summed E-state index contributed by atoms with van der Waals surface area (Å²) in [6.45, 7) is 1.39. The van der Waals surface area contributed by atoms with Crippen molar-refractivity contribution in [3.8, 4) is 0 Å². The van der Waals surface area contributed by atoms with E-state index in [-0.39, 0.29) is 26.3 Å². The molecule has 27 heavy (non-hydrogen) atoms. The predicted molar refractivity (Wildman–Crippen MR) is 103 cm³/mol. The Morgan fingerprint density at radius 1 is 1.19 bits per heavy atom. The Hall–Kier alpha value is -2.29. The molecule has 0 aliphatic carbocycles. The minimum absolute atomic E-state index is 0.0481. The fourth-order valence-electron chi connectivity index (χ4n) is 2.89. The lowest BCUT2D eigenvalue weighted by atomic mass is 9.98. The summed E-state index contributed by atoms with van der Waals surface area (Å²) in [5, 5.41) is 2.49. The first kappa shape index (κ1) is 19.5. The quantitative estimate of drug-likeness (QED) is 0.780. The Morgan fingerprint density at radius 2 is 1.85 bits per heavy atom. The van der Waals surface area contributed by atoms with Crippen LogP contribution in [0.3, 0.4) is 0 Å². The molecular weight excluding hydrogens is 413 g/mol. The topological polar surface area (TPSA) is 110 Å². The highest BCUT2D eigenvalue weighted by molar-refractivity contribution is 7.93. The standard InChI is InChI=1S/C17H15Cl2N3O4S/c1-9(16(20)23)15-17(24)21-11-6-2-3-7-12(11)22(15)27(25,26)13-8-4-5-10(18)14(13)19/h2-9,15H,1H3,(H2,20,23)(H,21,24). The summed E-state index contributed by atoms with van der Waals surface area (Å²) in [5.74, 6) is -2.57. The number of carbonyl (C=O) groups excluding carboxylic acids is 2.